The van der Waals surface area contributed by atoms with Gasteiger partial charge in [0, 0.05) is 50.0 Å². The largest absolute Gasteiger partial charge is 0.365 e. The molecule has 0 aliphatic carbocycles. The summed E-state index contributed by atoms with van der Waals surface area (Å²) in [5.41, 5.74) is 8.86. The van der Waals surface area contributed by atoms with Gasteiger partial charge in [0.05, 0.1) is 6.20 Å². The Labute approximate surface area is 159 Å². The molecule has 8 nitrogen and oxygen atoms in total. The Kier molecular flexibility index (Phi) is 5.46. The third kappa shape index (κ3) is 3.80. The molecule has 0 radical (unpaired) electrons. The van der Waals surface area contributed by atoms with Gasteiger partial charge in [-0.2, -0.15) is 5.10 Å². The number of nitrogens with two attached hydrogens (primary N) is 1. The highest BCUT2D eigenvalue weighted by atomic mass is 16.2. The Bertz CT molecular complexity index is 865. The molecular weight excluding hydrogens is 344 g/mol. The third-order valence-corrected chi connectivity index (χ3v) is 5.46. The van der Waals surface area contributed by atoms with E-state index in [9.17, 15) is 9.59 Å². The normalized spacial score (nSPS) is 15.7. The fraction of sp³-hybridized carbons (Fsp3) is 0.579. The van der Waals surface area contributed by atoms with E-state index < -0.39 is 5.91 Å². The monoisotopic (exact) mass is 372 g/mol. The van der Waals surface area contributed by atoms with Gasteiger partial charge >= 0.3 is 0 Å². The minimum absolute atomic E-state index is 0.176. The van der Waals surface area contributed by atoms with Crippen molar-refractivity contribution in [1.29, 1.82) is 0 Å². The minimum Gasteiger partial charge on any atom is -0.365 e. The molecule has 0 spiro atoms. The molecule has 1 aliphatic heterocycles. The van der Waals surface area contributed by atoms with Crippen molar-refractivity contribution in [3.8, 4) is 0 Å². The number of carbonyl (C=O) groups is 2. The second kappa shape index (κ2) is 7.64. The van der Waals surface area contributed by atoms with Crippen LogP contribution in [0.1, 0.15) is 47.6 Å². The first-order valence-corrected chi connectivity index (χ1v) is 9.45. The standard InChI is InChI=1S/C19H28N6O2/c1-12(2)23-7-9-24(10-8-23)17(26)6-5-15-13(3)22-19-16(18(20)27)11-21-25(19)14(15)4/h11-12H,5-10H2,1-4H3,(H2,20,27). The Morgan fingerprint density at radius 1 is 1.19 bits per heavy atom. The topological polar surface area (TPSA) is 96.8 Å². The highest BCUT2D eigenvalue weighted by Crippen LogP contribution is 2.19. The summed E-state index contributed by atoms with van der Waals surface area (Å²) in [6, 6.07) is 0.518. The van der Waals surface area contributed by atoms with Crippen LogP contribution >= 0.6 is 0 Å². The molecule has 27 heavy (non-hydrogen) atoms. The van der Waals surface area contributed by atoms with Crippen molar-refractivity contribution in [2.24, 2.45) is 5.73 Å². The summed E-state index contributed by atoms with van der Waals surface area (Å²) >= 11 is 0. The predicted octanol–water partition coefficient (Wildman–Crippen LogP) is 0.930. The number of rotatable bonds is 5. The van der Waals surface area contributed by atoms with E-state index in [0.29, 0.717) is 30.1 Å². The summed E-state index contributed by atoms with van der Waals surface area (Å²) in [6.07, 6.45) is 2.50. The molecule has 2 amide bonds. The summed E-state index contributed by atoms with van der Waals surface area (Å²) < 4.78 is 1.63. The van der Waals surface area contributed by atoms with Gasteiger partial charge in [0.2, 0.25) is 5.91 Å². The maximum atomic E-state index is 12.6. The van der Waals surface area contributed by atoms with E-state index in [2.05, 4.69) is 28.8 Å². The number of aryl methyl sites for hydroxylation is 2. The van der Waals surface area contributed by atoms with Gasteiger partial charge in [0.15, 0.2) is 5.65 Å². The first kappa shape index (κ1) is 19.3. The van der Waals surface area contributed by atoms with Crippen molar-refractivity contribution in [2.45, 2.75) is 46.6 Å². The van der Waals surface area contributed by atoms with Crippen molar-refractivity contribution in [3.63, 3.8) is 0 Å². The van der Waals surface area contributed by atoms with E-state index in [0.717, 1.165) is 43.1 Å². The zero-order chi connectivity index (χ0) is 19.7. The zero-order valence-corrected chi connectivity index (χ0v) is 16.5. The van der Waals surface area contributed by atoms with Gasteiger partial charge in [-0.1, -0.05) is 0 Å². The first-order chi connectivity index (χ1) is 12.8. The van der Waals surface area contributed by atoms with Gasteiger partial charge in [-0.05, 0) is 39.7 Å². The van der Waals surface area contributed by atoms with E-state index in [-0.39, 0.29) is 5.91 Å². The molecule has 1 aliphatic rings. The number of primary amides is 1. The van der Waals surface area contributed by atoms with Gasteiger partial charge in [-0.15, -0.1) is 0 Å². The first-order valence-electron chi connectivity index (χ1n) is 9.45. The molecule has 1 fully saturated rings. The second-order valence-corrected chi connectivity index (χ2v) is 7.43. The Balaban J connectivity index is 1.70. The Morgan fingerprint density at radius 2 is 1.85 bits per heavy atom. The lowest BCUT2D eigenvalue weighted by molar-refractivity contribution is -0.133. The summed E-state index contributed by atoms with van der Waals surface area (Å²) in [5, 5.41) is 4.24. The fourth-order valence-corrected chi connectivity index (χ4v) is 3.72. The Hall–Kier alpha value is -2.48. The number of hydrogen-bond acceptors (Lipinski definition) is 5. The quantitative estimate of drug-likeness (QED) is 0.842. The number of amides is 2. The molecule has 0 saturated carbocycles. The highest BCUT2D eigenvalue weighted by Gasteiger charge is 2.23. The van der Waals surface area contributed by atoms with Gasteiger partial charge in [-0.3, -0.25) is 14.5 Å². The van der Waals surface area contributed by atoms with Gasteiger partial charge in [0.25, 0.3) is 5.91 Å². The molecule has 1 saturated heterocycles. The zero-order valence-electron chi connectivity index (χ0n) is 16.5. The van der Waals surface area contributed by atoms with E-state index in [1.165, 1.54) is 6.20 Å². The maximum Gasteiger partial charge on any atom is 0.254 e. The lowest BCUT2D eigenvalue weighted by atomic mass is 10.1. The maximum absolute atomic E-state index is 12.6. The average Bonchev–Trinajstić information content (AvgIpc) is 3.05. The van der Waals surface area contributed by atoms with Crippen LogP contribution in [0.5, 0.6) is 0 Å². The SMILES string of the molecule is Cc1nc2c(C(N)=O)cnn2c(C)c1CCC(=O)N1CCN(C(C)C)CC1. The molecule has 2 aromatic rings. The van der Waals surface area contributed by atoms with Crippen molar-refractivity contribution >= 4 is 17.5 Å². The van der Waals surface area contributed by atoms with Crippen molar-refractivity contribution in [2.75, 3.05) is 26.2 Å². The van der Waals surface area contributed by atoms with Gasteiger partial charge in [-0.25, -0.2) is 9.50 Å². The predicted molar refractivity (Wildman–Crippen MR) is 103 cm³/mol. The lowest BCUT2D eigenvalue weighted by Crippen LogP contribution is -2.50. The highest BCUT2D eigenvalue weighted by molar-refractivity contribution is 5.98. The summed E-state index contributed by atoms with van der Waals surface area (Å²) in [4.78, 5) is 33.0. The number of fused-ring (bicyclic) bond motifs is 1. The molecule has 0 atom stereocenters. The molecule has 2 aromatic heterocycles. The van der Waals surface area contributed by atoms with Crippen LogP contribution in [0.4, 0.5) is 0 Å². The molecule has 0 unspecified atom stereocenters. The van der Waals surface area contributed by atoms with Gasteiger partial charge in [0.1, 0.15) is 5.56 Å². The second-order valence-electron chi connectivity index (χ2n) is 7.43. The van der Waals surface area contributed by atoms with E-state index in [1.807, 2.05) is 18.7 Å². The summed E-state index contributed by atoms with van der Waals surface area (Å²) in [7, 11) is 0. The molecule has 0 aromatic carbocycles. The number of aromatic nitrogens is 3. The molecule has 8 heteroatoms. The van der Waals surface area contributed by atoms with Crippen LogP contribution in [0, 0.1) is 13.8 Å². The summed E-state index contributed by atoms with van der Waals surface area (Å²) in [6.45, 7) is 11.6. The van der Waals surface area contributed by atoms with Crippen LogP contribution in [-0.2, 0) is 11.2 Å². The van der Waals surface area contributed by atoms with Crippen LogP contribution in [-0.4, -0.2) is 68.4 Å². The fourth-order valence-electron chi connectivity index (χ4n) is 3.72. The number of hydrogen-bond donors (Lipinski definition) is 1. The minimum atomic E-state index is -0.542. The molecular formula is C19H28N6O2. The van der Waals surface area contributed by atoms with Crippen molar-refractivity contribution < 1.29 is 9.59 Å². The molecule has 2 N–H and O–H groups in total. The molecule has 146 valence electrons. The lowest BCUT2D eigenvalue weighted by Gasteiger charge is -2.37. The van der Waals surface area contributed by atoms with Crippen LogP contribution in [0.25, 0.3) is 5.65 Å². The smallest absolute Gasteiger partial charge is 0.254 e. The summed E-state index contributed by atoms with van der Waals surface area (Å²) in [5.74, 6) is -0.365. The van der Waals surface area contributed by atoms with Crippen molar-refractivity contribution in [3.05, 3.63) is 28.7 Å². The van der Waals surface area contributed by atoms with E-state index >= 15 is 0 Å². The molecule has 0 bridgehead atoms. The van der Waals surface area contributed by atoms with E-state index in [4.69, 9.17) is 5.73 Å². The van der Waals surface area contributed by atoms with E-state index in [1.54, 1.807) is 4.52 Å². The van der Waals surface area contributed by atoms with Crippen molar-refractivity contribution in [1.82, 2.24) is 24.4 Å². The van der Waals surface area contributed by atoms with Crippen LogP contribution in [0.15, 0.2) is 6.20 Å². The number of nitrogens with zero attached hydrogens (tertiary/aromatic N) is 5. The average molecular weight is 372 g/mol. The third-order valence-electron chi connectivity index (χ3n) is 5.46. The Morgan fingerprint density at radius 3 is 2.44 bits per heavy atom. The van der Waals surface area contributed by atoms with Crippen LogP contribution < -0.4 is 5.73 Å². The van der Waals surface area contributed by atoms with Gasteiger partial charge < -0.3 is 10.6 Å². The number of carbonyl (C=O) groups excluding carboxylic acids is 2. The molecule has 3 heterocycles. The molecule has 3 rings (SSSR count). The number of piperazine rings is 1. The van der Waals surface area contributed by atoms with Crippen LogP contribution in [0.3, 0.4) is 0 Å². The van der Waals surface area contributed by atoms with Crippen LogP contribution in [0.2, 0.25) is 0 Å².